The van der Waals surface area contributed by atoms with Gasteiger partial charge in [-0.15, -0.1) is 0 Å². The van der Waals surface area contributed by atoms with Gasteiger partial charge in [0.2, 0.25) is 0 Å². The van der Waals surface area contributed by atoms with Gasteiger partial charge in [-0.2, -0.15) is 5.10 Å². The summed E-state index contributed by atoms with van der Waals surface area (Å²) in [6, 6.07) is 12.3. The minimum atomic E-state index is -0.223. The fraction of sp³-hybridized carbons (Fsp3) is 0.286. The van der Waals surface area contributed by atoms with Crippen molar-refractivity contribution in [2.24, 2.45) is 0 Å². The molecule has 1 aliphatic rings. The maximum Gasteiger partial charge on any atom is 0.164 e. The highest BCUT2D eigenvalue weighted by Crippen LogP contribution is 2.44. The van der Waals surface area contributed by atoms with Crippen molar-refractivity contribution in [3.8, 4) is 28.5 Å². The van der Waals surface area contributed by atoms with Gasteiger partial charge in [-0.3, -0.25) is 0 Å². The summed E-state index contributed by atoms with van der Waals surface area (Å²) in [5.41, 5.74) is 6.38. The predicted octanol–water partition coefficient (Wildman–Crippen LogP) is 4.17. The molecule has 0 amide bonds. The summed E-state index contributed by atoms with van der Waals surface area (Å²) in [7, 11) is 4.90. The Balaban J connectivity index is 1.92. The SMILES string of the molecule is COc1cc(OC)c(C2Nc3ccc(C)cc3-c3cc(C)nn32)cc1OC. The lowest BCUT2D eigenvalue weighted by Gasteiger charge is -2.30. The number of anilines is 1. The lowest BCUT2D eigenvalue weighted by molar-refractivity contribution is 0.345. The van der Waals surface area contributed by atoms with Gasteiger partial charge in [-0.05, 0) is 38.1 Å². The van der Waals surface area contributed by atoms with Crippen LogP contribution in [0.15, 0.2) is 36.4 Å². The van der Waals surface area contributed by atoms with Crippen molar-refractivity contribution in [1.29, 1.82) is 0 Å². The van der Waals surface area contributed by atoms with Crippen LogP contribution in [0.2, 0.25) is 0 Å². The van der Waals surface area contributed by atoms with Gasteiger partial charge < -0.3 is 19.5 Å². The molecule has 0 radical (unpaired) electrons. The summed E-state index contributed by atoms with van der Waals surface area (Å²) in [5, 5.41) is 8.34. The van der Waals surface area contributed by atoms with E-state index in [0.717, 1.165) is 28.2 Å². The average molecular weight is 365 g/mol. The van der Waals surface area contributed by atoms with Gasteiger partial charge in [0, 0.05) is 22.9 Å². The van der Waals surface area contributed by atoms with Crippen molar-refractivity contribution in [1.82, 2.24) is 9.78 Å². The van der Waals surface area contributed by atoms with E-state index in [9.17, 15) is 0 Å². The number of rotatable bonds is 4. The van der Waals surface area contributed by atoms with Crippen molar-refractivity contribution in [2.75, 3.05) is 26.6 Å². The molecule has 1 N–H and O–H groups in total. The lowest BCUT2D eigenvalue weighted by atomic mass is 10.0. The molecule has 0 spiro atoms. The third-order valence-corrected chi connectivity index (χ3v) is 4.88. The van der Waals surface area contributed by atoms with E-state index >= 15 is 0 Å². The molecule has 1 atom stereocenters. The Labute approximate surface area is 158 Å². The molecule has 0 saturated heterocycles. The molecule has 1 aromatic heterocycles. The highest BCUT2D eigenvalue weighted by atomic mass is 16.5. The Bertz CT molecular complexity index is 1010. The van der Waals surface area contributed by atoms with E-state index in [1.165, 1.54) is 5.56 Å². The number of ether oxygens (including phenoxy) is 3. The number of aryl methyl sites for hydroxylation is 2. The van der Waals surface area contributed by atoms with Crippen LogP contribution in [0.5, 0.6) is 17.2 Å². The van der Waals surface area contributed by atoms with Crippen molar-refractivity contribution in [2.45, 2.75) is 20.0 Å². The molecule has 0 bridgehead atoms. The second-order valence-electron chi connectivity index (χ2n) is 6.66. The van der Waals surface area contributed by atoms with E-state index in [0.29, 0.717) is 17.2 Å². The van der Waals surface area contributed by atoms with Crippen molar-refractivity contribution >= 4 is 5.69 Å². The molecule has 1 aliphatic heterocycles. The summed E-state index contributed by atoms with van der Waals surface area (Å²) in [6.07, 6.45) is -0.223. The first-order valence-electron chi connectivity index (χ1n) is 8.79. The zero-order valence-corrected chi connectivity index (χ0v) is 16.2. The monoisotopic (exact) mass is 365 g/mol. The van der Waals surface area contributed by atoms with Crippen LogP contribution < -0.4 is 19.5 Å². The zero-order valence-electron chi connectivity index (χ0n) is 16.2. The first kappa shape index (κ1) is 17.3. The molecule has 4 rings (SSSR count). The summed E-state index contributed by atoms with van der Waals surface area (Å²) < 4.78 is 18.6. The van der Waals surface area contributed by atoms with Gasteiger partial charge in [-0.1, -0.05) is 11.6 Å². The quantitative estimate of drug-likeness (QED) is 0.752. The second kappa shape index (κ2) is 6.54. The number of benzene rings is 2. The molecule has 2 aromatic carbocycles. The Kier molecular flexibility index (Phi) is 4.18. The number of hydrogen-bond donors (Lipinski definition) is 1. The van der Waals surface area contributed by atoms with E-state index in [1.807, 2.05) is 23.7 Å². The third-order valence-electron chi connectivity index (χ3n) is 4.88. The van der Waals surface area contributed by atoms with Crippen LogP contribution in [-0.2, 0) is 0 Å². The zero-order chi connectivity index (χ0) is 19.1. The van der Waals surface area contributed by atoms with Gasteiger partial charge >= 0.3 is 0 Å². The molecule has 0 fully saturated rings. The standard InChI is InChI=1S/C21H23N3O3/c1-12-6-7-16-14(8-12)17-9-13(2)23-24(17)21(22-16)15-10-19(26-4)20(27-5)11-18(15)25-3/h6-11,21-22H,1-5H3. The fourth-order valence-corrected chi connectivity index (χ4v) is 3.59. The first-order chi connectivity index (χ1) is 13.0. The molecule has 6 nitrogen and oxygen atoms in total. The van der Waals surface area contributed by atoms with Crippen molar-refractivity contribution in [3.05, 3.63) is 53.2 Å². The molecular weight excluding hydrogens is 342 g/mol. The molecule has 0 saturated carbocycles. The molecular formula is C21H23N3O3. The van der Waals surface area contributed by atoms with E-state index in [2.05, 4.69) is 36.5 Å². The predicted molar refractivity (Wildman–Crippen MR) is 105 cm³/mol. The van der Waals surface area contributed by atoms with Crippen LogP contribution in [0.1, 0.15) is 23.0 Å². The van der Waals surface area contributed by atoms with Crippen molar-refractivity contribution in [3.63, 3.8) is 0 Å². The number of hydrogen-bond acceptors (Lipinski definition) is 5. The maximum atomic E-state index is 5.65. The van der Waals surface area contributed by atoms with Crippen LogP contribution >= 0.6 is 0 Å². The van der Waals surface area contributed by atoms with Gasteiger partial charge in [-0.25, -0.2) is 4.68 Å². The summed E-state index contributed by atoms with van der Waals surface area (Å²) in [4.78, 5) is 0. The highest BCUT2D eigenvalue weighted by molar-refractivity contribution is 5.79. The van der Waals surface area contributed by atoms with Crippen LogP contribution in [0.25, 0.3) is 11.3 Å². The Morgan fingerprint density at radius 2 is 1.59 bits per heavy atom. The molecule has 6 heteroatoms. The van der Waals surface area contributed by atoms with E-state index in [1.54, 1.807) is 21.3 Å². The topological polar surface area (TPSA) is 57.5 Å². The highest BCUT2D eigenvalue weighted by Gasteiger charge is 2.29. The van der Waals surface area contributed by atoms with Gasteiger partial charge in [0.1, 0.15) is 5.75 Å². The van der Waals surface area contributed by atoms with Crippen LogP contribution in [-0.4, -0.2) is 31.1 Å². The molecule has 2 heterocycles. The van der Waals surface area contributed by atoms with E-state index < -0.39 is 0 Å². The largest absolute Gasteiger partial charge is 0.496 e. The van der Waals surface area contributed by atoms with E-state index in [4.69, 9.17) is 19.3 Å². The summed E-state index contributed by atoms with van der Waals surface area (Å²) >= 11 is 0. The Morgan fingerprint density at radius 3 is 2.30 bits per heavy atom. The van der Waals surface area contributed by atoms with Crippen molar-refractivity contribution < 1.29 is 14.2 Å². The van der Waals surface area contributed by atoms with Gasteiger partial charge in [0.15, 0.2) is 17.7 Å². The first-order valence-corrected chi connectivity index (χ1v) is 8.79. The second-order valence-corrected chi connectivity index (χ2v) is 6.66. The summed E-state index contributed by atoms with van der Waals surface area (Å²) in [5.74, 6) is 1.98. The third kappa shape index (κ3) is 2.77. The van der Waals surface area contributed by atoms with Crippen LogP contribution in [0, 0.1) is 13.8 Å². The number of nitrogens with zero attached hydrogens (tertiary/aromatic N) is 2. The minimum Gasteiger partial charge on any atom is -0.496 e. The molecule has 3 aromatic rings. The minimum absolute atomic E-state index is 0.223. The fourth-order valence-electron chi connectivity index (χ4n) is 3.59. The van der Waals surface area contributed by atoms with Crippen LogP contribution in [0.4, 0.5) is 5.69 Å². The van der Waals surface area contributed by atoms with Crippen LogP contribution in [0.3, 0.4) is 0 Å². The summed E-state index contributed by atoms with van der Waals surface area (Å²) in [6.45, 7) is 4.10. The Hall–Kier alpha value is -3.15. The number of aromatic nitrogens is 2. The average Bonchev–Trinajstić information content (AvgIpc) is 3.08. The molecule has 0 aliphatic carbocycles. The number of methoxy groups -OCH3 is 3. The molecule has 140 valence electrons. The lowest BCUT2D eigenvalue weighted by Crippen LogP contribution is -2.26. The smallest absolute Gasteiger partial charge is 0.164 e. The molecule has 1 unspecified atom stereocenters. The number of nitrogens with one attached hydrogen (secondary N) is 1. The molecule has 27 heavy (non-hydrogen) atoms. The van der Waals surface area contributed by atoms with Gasteiger partial charge in [0.25, 0.3) is 0 Å². The maximum absolute atomic E-state index is 5.65. The Morgan fingerprint density at radius 1 is 0.889 bits per heavy atom. The van der Waals surface area contributed by atoms with E-state index in [-0.39, 0.29) is 6.17 Å². The number of fused-ring (bicyclic) bond motifs is 3. The van der Waals surface area contributed by atoms with Gasteiger partial charge in [0.05, 0.1) is 32.7 Å². The normalized spacial score (nSPS) is 14.8.